The van der Waals surface area contributed by atoms with Gasteiger partial charge in [-0.25, -0.2) is 9.79 Å². The second kappa shape index (κ2) is 9.68. The number of carboxylic acids is 1. The van der Waals surface area contributed by atoms with Crippen LogP contribution in [0.4, 0.5) is 11.4 Å². The summed E-state index contributed by atoms with van der Waals surface area (Å²) in [6.45, 7) is 0. The van der Waals surface area contributed by atoms with E-state index in [-0.39, 0.29) is 16.7 Å². The van der Waals surface area contributed by atoms with Gasteiger partial charge in [0, 0.05) is 10.4 Å². The molecule has 4 aromatic rings. The van der Waals surface area contributed by atoms with Gasteiger partial charge in [0.25, 0.3) is 5.91 Å². The van der Waals surface area contributed by atoms with Gasteiger partial charge in [0.1, 0.15) is 11.3 Å². The number of carboxylic acid groups (broad SMARTS) is 1. The summed E-state index contributed by atoms with van der Waals surface area (Å²) in [5.41, 5.74) is 1.45. The number of halogens is 1. The van der Waals surface area contributed by atoms with E-state index in [4.69, 9.17) is 30.6 Å². The molecule has 0 aliphatic rings. The average molecular weight is 479 g/mol. The lowest BCUT2D eigenvalue weighted by molar-refractivity contribution is 0.0696. The second-order valence-electron chi connectivity index (χ2n) is 7.11. The van der Waals surface area contributed by atoms with Crippen LogP contribution in [-0.2, 0) is 0 Å². The number of aromatic carboxylic acids is 1. The molecule has 1 aromatic heterocycles. The Kier molecular flexibility index (Phi) is 6.51. The van der Waals surface area contributed by atoms with Crippen LogP contribution < -0.4 is 20.3 Å². The van der Waals surface area contributed by atoms with E-state index in [0.29, 0.717) is 38.9 Å². The maximum absolute atomic E-state index is 13.3. The maximum Gasteiger partial charge on any atom is 0.335 e. The molecule has 0 spiro atoms. The molecule has 172 valence electrons. The van der Waals surface area contributed by atoms with E-state index in [0.717, 1.165) is 0 Å². The number of rotatable bonds is 6. The zero-order valence-electron chi connectivity index (χ0n) is 18.2. The van der Waals surface area contributed by atoms with Crippen LogP contribution in [0.1, 0.15) is 20.7 Å². The number of methoxy groups -OCH3 is 2. The van der Waals surface area contributed by atoms with Crippen LogP contribution in [0, 0.1) is 0 Å². The fourth-order valence-electron chi connectivity index (χ4n) is 3.29. The van der Waals surface area contributed by atoms with Crippen LogP contribution in [0.15, 0.2) is 76.1 Å². The number of hydrogen-bond acceptors (Lipinski definition) is 6. The van der Waals surface area contributed by atoms with E-state index in [1.807, 2.05) is 0 Å². The van der Waals surface area contributed by atoms with Crippen molar-refractivity contribution in [3.05, 3.63) is 88.4 Å². The molecule has 3 aromatic carbocycles. The number of carbonyl (C=O) groups excluding carboxylic acids is 1. The molecule has 0 aliphatic heterocycles. The molecule has 0 fully saturated rings. The van der Waals surface area contributed by atoms with E-state index in [1.165, 1.54) is 38.5 Å². The number of para-hydroxylation sites is 1. The molecule has 0 saturated heterocycles. The Morgan fingerprint density at radius 2 is 1.71 bits per heavy atom. The van der Waals surface area contributed by atoms with Crippen molar-refractivity contribution in [3.63, 3.8) is 0 Å². The van der Waals surface area contributed by atoms with Gasteiger partial charge in [0.15, 0.2) is 11.3 Å². The number of anilines is 1. The van der Waals surface area contributed by atoms with Crippen LogP contribution in [-0.4, -0.2) is 31.2 Å². The van der Waals surface area contributed by atoms with Gasteiger partial charge in [0.05, 0.1) is 31.2 Å². The minimum absolute atomic E-state index is 0.0126. The van der Waals surface area contributed by atoms with Crippen LogP contribution in [0.2, 0.25) is 5.02 Å². The minimum Gasteiger partial charge on any atom is -0.495 e. The van der Waals surface area contributed by atoms with E-state index in [9.17, 15) is 9.59 Å². The summed E-state index contributed by atoms with van der Waals surface area (Å²) in [4.78, 5) is 28.9. The van der Waals surface area contributed by atoms with Gasteiger partial charge in [-0.05, 0) is 54.6 Å². The summed E-state index contributed by atoms with van der Waals surface area (Å²) in [7, 11) is 3.00. The molecule has 8 nitrogen and oxygen atoms in total. The first-order valence-corrected chi connectivity index (χ1v) is 10.4. The van der Waals surface area contributed by atoms with Crippen molar-refractivity contribution in [3.8, 4) is 11.5 Å². The number of benzene rings is 3. The lowest BCUT2D eigenvalue weighted by Gasteiger charge is -2.11. The van der Waals surface area contributed by atoms with Crippen molar-refractivity contribution in [2.24, 2.45) is 4.99 Å². The van der Waals surface area contributed by atoms with Gasteiger partial charge in [0.2, 0.25) is 5.55 Å². The Hall–Kier alpha value is -4.30. The number of nitrogens with one attached hydrogen (secondary N) is 1. The van der Waals surface area contributed by atoms with E-state index in [1.54, 1.807) is 42.5 Å². The molecular weight excluding hydrogens is 460 g/mol. The average Bonchev–Trinajstić information content (AvgIpc) is 2.83. The first kappa shape index (κ1) is 22.9. The Morgan fingerprint density at radius 3 is 2.38 bits per heavy atom. The smallest absolute Gasteiger partial charge is 0.335 e. The van der Waals surface area contributed by atoms with Crippen molar-refractivity contribution >= 4 is 45.8 Å². The van der Waals surface area contributed by atoms with E-state index in [2.05, 4.69) is 10.3 Å². The number of fused-ring (bicyclic) bond motifs is 1. The lowest BCUT2D eigenvalue weighted by Crippen LogP contribution is -2.22. The van der Waals surface area contributed by atoms with Crippen LogP contribution in [0.3, 0.4) is 0 Å². The van der Waals surface area contributed by atoms with Gasteiger partial charge in [-0.15, -0.1) is 0 Å². The van der Waals surface area contributed by atoms with Gasteiger partial charge < -0.3 is 24.3 Å². The van der Waals surface area contributed by atoms with Gasteiger partial charge >= 0.3 is 5.97 Å². The summed E-state index contributed by atoms with van der Waals surface area (Å²) in [6.07, 6.45) is 0. The first-order valence-electron chi connectivity index (χ1n) is 10.0. The van der Waals surface area contributed by atoms with E-state index >= 15 is 0 Å². The largest absolute Gasteiger partial charge is 0.495 e. The summed E-state index contributed by atoms with van der Waals surface area (Å²) in [5, 5.41) is 13.0. The maximum atomic E-state index is 13.3. The summed E-state index contributed by atoms with van der Waals surface area (Å²) in [6, 6.07) is 17.7. The first-order chi connectivity index (χ1) is 16.4. The molecular formula is C25H19ClN2O6. The van der Waals surface area contributed by atoms with Crippen molar-refractivity contribution in [1.82, 2.24) is 0 Å². The Balaban J connectivity index is 1.87. The molecule has 34 heavy (non-hydrogen) atoms. The molecule has 1 amide bonds. The molecule has 0 atom stereocenters. The molecule has 4 rings (SSSR count). The zero-order valence-corrected chi connectivity index (χ0v) is 18.9. The number of ether oxygens (including phenoxy) is 2. The van der Waals surface area contributed by atoms with Crippen molar-refractivity contribution in [2.45, 2.75) is 0 Å². The van der Waals surface area contributed by atoms with Crippen molar-refractivity contribution in [1.29, 1.82) is 0 Å². The highest BCUT2D eigenvalue weighted by molar-refractivity contribution is 6.31. The molecule has 0 aliphatic carbocycles. The summed E-state index contributed by atoms with van der Waals surface area (Å²) < 4.78 is 16.7. The van der Waals surface area contributed by atoms with Crippen LogP contribution in [0.25, 0.3) is 11.0 Å². The molecule has 0 saturated carbocycles. The Labute approximate surface area is 199 Å². The monoisotopic (exact) mass is 478 g/mol. The van der Waals surface area contributed by atoms with E-state index < -0.39 is 11.9 Å². The third kappa shape index (κ3) is 4.72. The fraction of sp³-hybridized carbons (Fsp3) is 0.0800. The molecule has 0 radical (unpaired) electrons. The fourth-order valence-corrected chi connectivity index (χ4v) is 3.47. The molecule has 1 heterocycles. The molecule has 9 heteroatoms. The highest BCUT2D eigenvalue weighted by Gasteiger charge is 2.17. The third-order valence-electron chi connectivity index (χ3n) is 4.96. The number of nitrogens with zero attached hydrogens (tertiary/aromatic N) is 1. The SMILES string of the molecule is COc1ccc(Cl)cc1NC(=O)c1cc2cccc(OC)c2oc1=Nc1ccc(C(=O)O)cc1. The summed E-state index contributed by atoms with van der Waals surface area (Å²) >= 11 is 6.09. The van der Waals surface area contributed by atoms with Gasteiger partial charge in [-0.3, -0.25) is 4.79 Å². The number of amides is 1. The Bertz CT molecular complexity index is 1460. The van der Waals surface area contributed by atoms with Gasteiger partial charge in [-0.1, -0.05) is 23.7 Å². The predicted octanol–water partition coefficient (Wildman–Crippen LogP) is 5.29. The van der Waals surface area contributed by atoms with Crippen LogP contribution in [0.5, 0.6) is 11.5 Å². The topological polar surface area (TPSA) is 110 Å². The second-order valence-corrected chi connectivity index (χ2v) is 7.54. The molecule has 0 bridgehead atoms. The molecule has 2 N–H and O–H groups in total. The number of hydrogen-bond donors (Lipinski definition) is 2. The molecule has 0 unspecified atom stereocenters. The quantitative estimate of drug-likeness (QED) is 0.390. The van der Waals surface area contributed by atoms with Crippen LogP contribution >= 0.6 is 11.6 Å². The van der Waals surface area contributed by atoms with Gasteiger partial charge in [-0.2, -0.15) is 0 Å². The number of carbonyl (C=O) groups is 2. The highest BCUT2D eigenvalue weighted by atomic mass is 35.5. The van der Waals surface area contributed by atoms with Crippen molar-refractivity contribution in [2.75, 3.05) is 19.5 Å². The normalized spacial score (nSPS) is 11.3. The standard InChI is InChI=1S/C25H19ClN2O6/c1-32-20-11-8-16(26)13-19(20)28-23(29)18-12-15-4-3-5-21(33-2)22(15)34-24(18)27-17-9-6-14(7-10-17)25(30)31/h3-13H,1-2H3,(H,28,29)(H,30,31). The Morgan fingerprint density at radius 1 is 0.971 bits per heavy atom. The highest BCUT2D eigenvalue weighted by Crippen LogP contribution is 2.29. The third-order valence-corrected chi connectivity index (χ3v) is 5.19. The van der Waals surface area contributed by atoms with Crippen molar-refractivity contribution < 1.29 is 28.6 Å². The lowest BCUT2D eigenvalue weighted by atomic mass is 10.1. The zero-order chi connectivity index (χ0) is 24.2. The minimum atomic E-state index is -1.05. The predicted molar refractivity (Wildman–Crippen MR) is 127 cm³/mol. The summed E-state index contributed by atoms with van der Waals surface area (Å²) in [5.74, 6) is -0.657.